The fourth-order valence-electron chi connectivity index (χ4n) is 1.39. The van der Waals surface area contributed by atoms with Crippen LogP contribution in [0.1, 0.15) is 24.5 Å². The van der Waals surface area contributed by atoms with Gasteiger partial charge in [-0.1, -0.05) is 11.3 Å². The molecule has 0 unspecified atom stereocenters. The minimum atomic E-state index is -0.0844. The van der Waals surface area contributed by atoms with Crippen LogP contribution in [0.3, 0.4) is 0 Å². The van der Waals surface area contributed by atoms with Gasteiger partial charge in [-0.15, -0.1) is 5.10 Å². The van der Waals surface area contributed by atoms with Crippen LogP contribution in [0.4, 0.5) is 0 Å². The highest BCUT2D eigenvalue weighted by Gasteiger charge is 2.26. The fourth-order valence-corrected chi connectivity index (χ4v) is 2.63. The molecule has 1 aliphatic rings. The van der Waals surface area contributed by atoms with Gasteiger partial charge in [-0.05, 0) is 28.8 Å². The highest BCUT2D eigenvalue weighted by atomic mass is 79.9. The van der Waals surface area contributed by atoms with E-state index in [1.807, 2.05) is 0 Å². The van der Waals surface area contributed by atoms with E-state index in [0.717, 1.165) is 18.5 Å². The van der Waals surface area contributed by atoms with Crippen LogP contribution in [0, 0.1) is 0 Å². The molecule has 0 spiro atoms. The van der Waals surface area contributed by atoms with Gasteiger partial charge >= 0.3 is 0 Å². The van der Waals surface area contributed by atoms with E-state index in [1.54, 1.807) is 6.07 Å². The number of halogens is 1. The van der Waals surface area contributed by atoms with E-state index in [1.165, 1.54) is 15.9 Å². The molecule has 1 aliphatic carbocycles. The Hall–Kier alpha value is -0.750. The smallest absolute Gasteiger partial charge is 0.267 e. The molecule has 0 radical (unpaired) electrons. The SMILES string of the molecule is O=c1cc(C2CC2)nc2sc(Br)nn12. The lowest BCUT2D eigenvalue weighted by Gasteiger charge is -1.95. The van der Waals surface area contributed by atoms with Gasteiger partial charge in [0.25, 0.3) is 5.56 Å². The summed E-state index contributed by atoms with van der Waals surface area (Å²) in [6, 6.07) is 1.59. The maximum atomic E-state index is 11.6. The Balaban J connectivity index is 2.32. The maximum absolute atomic E-state index is 11.6. The molecule has 4 nitrogen and oxygen atoms in total. The van der Waals surface area contributed by atoms with E-state index in [2.05, 4.69) is 26.0 Å². The molecule has 0 amide bonds. The molecule has 0 aliphatic heterocycles. The summed E-state index contributed by atoms with van der Waals surface area (Å²) in [4.78, 5) is 16.7. The summed E-state index contributed by atoms with van der Waals surface area (Å²) in [5, 5.41) is 4.01. The van der Waals surface area contributed by atoms with E-state index in [-0.39, 0.29) is 5.56 Å². The quantitative estimate of drug-likeness (QED) is 0.795. The first-order chi connectivity index (χ1) is 6.74. The van der Waals surface area contributed by atoms with Crippen molar-refractivity contribution >= 4 is 32.2 Å². The number of nitrogens with zero attached hydrogens (tertiary/aromatic N) is 3. The zero-order valence-corrected chi connectivity index (χ0v) is 9.51. The molecule has 2 aromatic rings. The van der Waals surface area contributed by atoms with Crippen molar-refractivity contribution in [2.75, 3.05) is 0 Å². The van der Waals surface area contributed by atoms with Crippen LogP contribution in [0.15, 0.2) is 14.8 Å². The molecule has 72 valence electrons. The second kappa shape index (κ2) is 2.87. The Bertz CT molecular complexity index is 557. The monoisotopic (exact) mass is 271 g/mol. The minimum absolute atomic E-state index is 0.0844. The predicted octanol–water partition coefficient (Wildman–Crippen LogP) is 1.79. The van der Waals surface area contributed by atoms with Crippen LogP contribution in [-0.4, -0.2) is 14.6 Å². The average Bonchev–Trinajstić information content (AvgIpc) is 2.89. The van der Waals surface area contributed by atoms with Crippen LogP contribution in [0.2, 0.25) is 0 Å². The predicted molar refractivity (Wildman–Crippen MR) is 56.8 cm³/mol. The van der Waals surface area contributed by atoms with Gasteiger partial charge < -0.3 is 0 Å². The van der Waals surface area contributed by atoms with Crippen molar-refractivity contribution < 1.29 is 0 Å². The van der Waals surface area contributed by atoms with Gasteiger partial charge in [-0.3, -0.25) is 4.79 Å². The molecule has 1 saturated carbocycles. The molecule has 1 fully saturated rings. The molecule has 0 atom stereocenters. The lowest BCUT2D eigenvalue weighted by atomic mass is 10.3. The van der Waals surface area contributed by atoms with E-state index in [0.29, 0.717) is 14.8 Å². The lowest BCUT2D eigenvalue weighted by molar-refractivity contribution is 0.866. The standard InChI is InChI=1S/C8H6BrN3OS/c9-7-11-12-6(13)3-5(4-1-2-4)10-8(12)14-7/h3-4H,1-2H2. The van der Waals surface area contributed by atoms with Crippen molar-refractivity contribution in [2.24, 2.45) is 0 Å². The zero-order valence-electron chi connectivity index (χ0n) is 7.11. The van der Waals surface area contributed by atoms with E-state index < -0.39 is 0 Å². The number of aromatic nitrogens is 3. The average molecular weight is 272 g/mol. The van der Waals surface area contributed by atoms with E-state index in [9.17, 15) is 4.79 Å². The highest BCUT2D eigenvalue weighted by Crippen LogP contribution is 2.38. The van der Waals surface area contributed by atoms with Gasteiger partial charge in [-0.2, -0.15) is 4.52 Å². The second-order valence-corrected chi connectivity index (χ2v) is 5.57. The third-order valence-electron chi connectivity index (χ3n) is 2.24. The first-order valence-corrected chi connectivity index (χ1v) is 5.91. The van der Waals surface area contributed by atoms with Crippen LogP contribution < -0.4 is 5.56 Å². The number of hydrogen-bond donors (Lipinski definition) is 0. The van der Waals surface area contributed by atoms with Crippen molar-refractivity contribution in [2.45, 2.75) is 18.8 Å². The summed E-state index contributed by atoms with van der Waals surface area (Å²) in [5.41, 5.74) is 0.838. The molecule has 0 aromatic carbocycles. The highest BCUT2D eigenvalue weighted by molar-refractivity contribution is 9.11. The number of fused-ring (bicyclic) bond motifs is 1. The molecular weight excluding hydrogens is 266 g/mol. The maximum Gasteiger partial charge on any atom is 0.275 e. The minimum Gasteiger partial charge on any atom is -0.267 e. The van der Waals surface area contributed by atoms with Gasteiger partial charge in [0.05, 0.1) is 5.69 Å². The summed E-state index contributed by atoms with van der Waals surface area (Å²) >= 11 is 4.63. The van der Waals surface area contributed by atoms with Crippen molar-refractivity contribution in [3.8, 4) is 0 Å². The molecule has 0 bridgehead atoms. The molecular formula is C8H6BrN3OS. The van der Waals surface area contributed by atoms with Crippen LogP contribution in [0.5, 0.6) is 0 Å². The summed E-state index contributed by atoms with van der Waals surface area (Å²) < 4.78 is 2.02. The summed E-state index contributed by atoms with van der Waals surface area (Å²) in [6.07, 6.45) is 2.31. The van der Waals surface area contributed by atoms with Crippen LogP contribution >= 0.6 is 27.3 Å². The van der Waals surface area contributed by atoms with Crippen molar-refractivity contribution in [3.63, 3.8) is 0 Å². The zero-order chi connectivity index (χ0) is 9.71. The second-order valence-electron chi connectivity index (χ2n) is 3.34. The fraction of sp³-hybridized carbons (Fsp3) is 0.375. The van der Waals surface area contributed by atoms with E-state index in [4.69, 9.17) is 0 Å². The Morgan fingerprint density at radius 2 is 2.36 bits per heavy atom. The number of rotatable bonds is 1. The third kappa shape index (κ3) is 1.29. The van der Waals surface area contributed by atoms with Crippen molar-refractivity contribution in [3.05, 3.63) is 26.0 Å². The molecule has 2 heterocycles. The third-order valence-corrected chi connectivity index (χ3v) is 3.58. The van der Waals surface area contributed by atoms with Gasteiger partial charge in [0, 0.05) is 12.0 Å². The van der Waals surface area contributed by atoms with Crippen LogP contribution in [-0.2, 0) is 0 Å². The normalized spacial score (nSPS) is 16.4. The summed E-state index contributed by atoms with van der Waals surface area (Å²) in [6.45, 7) is 0. The molecule has 2 aromatic heterocycles. The molecule has 14 heavy (non-hydrogen) atoms. The Morgan fingerprint density at radius 3 is 3.07 bits per heavy atom. The van der Waals surface area contributed by atoms with E-state index >= 15 is 0 Å². The Kier molecular flexibility index (Phi) is 1.75. The van der Waals surface area contributed by atoms with Gasteiger partial charge in [0.1, 0.15) is 0 Å². The largest absolute Gasteiger partial charge is 0.275 e. The van der Waals surface area contributed by atoms with Crippen molar-refractivity contribution in [1.29, 1.82) is 0 Å². The van der Waals surface area contributed by atoms with Gasteiger partial charge in [0.15, 0.2) is 3.92 Å². The topological polar surface area (TPSA) is 47.3 Å². The molecule has 6 heteroatoms. The molecule has 0 N–H and O–H groups in total. The lowest BCUT2D eigenvalue weighted by Crippen LogP contribution is -2.14. The van der Waals surface area contributed by atoms with Crippen LogP contribution in [0.25, 0.3) is 4.96 Å². The first-order valence-electron chi connectivity index (χ1n) is 4.30. The molecule has 0 saturated heterocycles. The van der Waals surface area contributed by atoms with Crippen molar-refractivity contribution in [1.82, 2.24) is 14.6 Å². The van der Waals surface area contributed by atoms with Gasteiger partial charge in [0.2, 0.25) is 4.96 Å². The summed E-state index contributed by atoms with van der Waals surface area (Å²) in [7, 11) is 0. The van der Waals surface area contributed by atoms with Gasteiger partial charge in [-0.25, -0.2) is 4.98 Å². The summed E-state index contributed by atoms with van der Waals surface area (Å²) in [5.74, 6) is 0.508. The molecule has 3 rings (SSSR count). The Labute approximate surface area is 91.7 Å². The Morgan fingerprint density at radius 1 is 1.57 bits per heavy atom. The number of hydrogen-bond acceptors (Lipinski definition) is 4. The first kappa shape index (κ1) is 8.55.